The van der Waals surface area contributed by atoms with Gasteiger partial charge in [-0.2, -0.15) is 0 Å². The van der Waals surface area contributed by atoms with Crippen molar-refractivity contribution in [2.75, 3.05) is 24.3 Å². The lowest BCUT2D eigenvalue weighted by atomic mass is 10.3. The molecule has 0 radical (unpaired) electrons. The predicted octanol–water partition coefficient (Wildman–Crippen LogP) is 0.384. The van der Waals surface area contributed by atoms with Gasteiger partial charge in [0, 0.05) is 17.8 Å². The minimum Gasteiger partial charge on any atom is -0.396 e. The fourth-order valence-corrected chi connectivity index (χ4v) is 3.27. The summed E-state index contributed by atoms with van der Waals surface area (Å²) in [6.45, 7) is -0.368. The van der Waals surface area contributed by atoms with Crippen molar-refractivity contribution < 1.29 is 21.2 Å². The maximum Gasteiger partial charge on any atom is 0.243 e. The molecule has 0 aliphatic heterocycles. The second kappa shape index (κ2) is 5.61. The molecule has 1 aromatic rings. The van der Waals surface area contributed by atoms with Crippen LogP contribution >= 0.6 is 11.6 Å². The number of halogens is 2. The van der Waals surface area contributed by atoms with Gasteiger partial charge in [-0.05, 0) is 12.1 Å². The Kier molecular flexibility index (Phi) is 4.77. The van der Waals surface area contributed by atoms with E-state index in [2.05, 4.69) is 0 Å². The lowest BCUT2D eigenvalue weighted by molar-refractivity contribution is 0.560. The first-order chi connectivity index (χ1) is 8.53. The number of anilines is 1. The Morgan fingerprint density at radius 1 is 1.32 bits per heavy atom. The minimum atomic E-state index is -4.21. The van der Waals surface area contributed by atoms with Crippen LogP contribution in [0.1, 0.15) is 0 Å². The molecule has 6 nitrogen and oxygen atoms in total. The number of rotatable bonds is 5. The first-order valence-corrected chi connectivity index (χ1v) is 8.87. The molecular weight excluding hydrogens is 319 g/mol. The zero-order valence-corrected chi connectivity index (χ0v) is 12.2. The molecule has 0 saturated heterocycles. The molecule has 19 heavy (non-hydrogen) atoms. The molecule has 1 rings (SSSR count). The molecule has 0 aliphatic rings. The van der Waals surface area contributed by atoms with Crippen molar-refractivity contribution in [1.29, 1.82) is 0 Å². The van der Waals surface area contributed by atoms with E-state index in [1.54, 1.807) is 0 Å². The van der Waals surface area contributed by atoms with Crippen molar-refractivity contribution in [2.45, 2.75) is 4.90 Å². The summed E-state index contributed by atoms with van der Waals surface area (Å²) in [4.78, 5) is -0.717. The van der Waals surface area contributed by atoms with Gasteiger partial charge in [0.1, 0.15) is 14.7 Å². The highest BCUT2D eigenvalue weighted by Gasteiger charge is 2.21. The van der Waals surface area contributed by atoms with Crippen LogP contribution in [0.4, 0.5) is 10.1 Å². The fourth-order valence-electron chi connectivity index (χ4n) is 1.22. The Balaban J connectivity index is 3.02. The summed E-state index contributed by atoms with van der Waals surface area (Å²) < 4.78 is 60.9. The zero-order valence-electron chi connectivity index (χ0n) is 9.85. The van der Waals surface area contributed by atoms with Crippen LogP contribution in [0.25, 0.3) is 0 Å². The summed E-state index contributed by atoms with van der Waals surface area (Å²) >= 11 is 5.60. The van der Waals surface area contributed by atoms with Gasteiger partial charge in [0.05, 0.1) is 11.4 Å². The first-order valence-electron chi connectivity index (χ1n) is 4.95. The molecule has 10 heteroatoms. The van der Waals surface area contributed by atoms with E-state index in [0.717, 1.165) is 18.4 Å². The van der Waals surface area contributed by atoms with E-state index in [-0.39, 0.29) is 11.6 Å². The third-order valence-electron chi connectivity index (χ3n) is 2.09. The molecule has 0 spiro atoms. The second-order valence-electron chi connectivity index (χ2n) is 3.83. The third kappa shape index (κ3) is 4.60. The van der Waals surface area contributed by atoms with Crippen LogP contribution in [-0.4, -0.2) is 35.4 Å². The zero-order chi connectivity index (χ0) is 14.8. The first kappa shape index (κ1) is 16.2. The van der Waals surface area contributed by atoms with Gasteiger partial charge in [0.2, 0.25) is 10.0 Å². The maximum absolute atomic E-state index is 13.6. The fraction of sp³-hybridized carbons (Fsp3) is 0.333. The molecule has 0 fully saturated rings. The highest BCUT2D eigenvalue weighted by Crippen LogP contribution is 2.24. The summed E-state index contributed by atoms with van der Waals surface area (Å²) in [6, 6.07) is 1.97. The van der Waals surface area contributed by atoms with Crippen LogP contribution in [-0.2, 0) is 19.9 Å². The number of nitrogens with two attached hydrogens (primary N) is 1. The number of hydrogen-bond acceptors (Lipinski definition) is 5. The topological polar surface area (TPSA) is 106 Å². The van der Waals surface area contributed by atoms with Crippen molar-refractivity contribution >= 4 is 37.1 Å². The van der Waals surface area contributed by atoms with E-state index < -0.39 is 42.0 Å². The summed E-state index contributed by atoms with van der Waals surface area (Å²) in [7, 11) is -7.54. The second-order valence-corrected chi connectivity index (χ2v) is 8.27. The normalized spacial score (nSPS) is 12.6. The molecule has 1 aromatic carbocycles. The third-order valence-corrected chi connectivity index (χ3v) is 4.71. The highest BCUT2D eigenvalue weighted by atomic mass is 35.5. The van der Waals surface area contributed by atoms with Crippen molar-refractivity contribution in [2.24, 2.45) is 0 Å². The number of sulfonamides is 1. The maximum atomic E-state index is 13.6. The monoisotopic (exact) mass is 330 g/mol. The van der Waals surface area contributed by atoms with Gasteiger partial charge in [-0.3, -0.25) is 0 Å². The lowest BCUT2D eigenvalue weighted by Gasteiger charge is -2.09. The van der Waals surface area contributed by atoms with Crippen LogP contribution in [0, 0.1) is 5.82 Å². The summed E-state index contributed by atoms with van der Waals surface area (Å²) in [5, 5.41) is -0.0395. The van der Waals surface area contributed by atoms with Gasteiger partial charge < -0.3 is 5.73 Å². The minimum absolute atomic E-state index is 0.0395. The molecule has 0 aliphatic carbocycles. The summed E-state index contributed by atoms with van der Waals surface area (Å²) in [5.74, 6) is -1.53. The Morgan fingerprint density at radius 3 is 2.42 bits per heavy atom. The van der Waals surface area contributed by atoms with Gasteiger partial charge in [-0.15, -0.1) is 0 Å². The molecule has 0 saturated carbocycles. The molecule has 0 amide bonds. The molecule has 0 unspecified atom stereocenters. The number of hydrogen-bond donors (Lipinski definition) is 2. The van der Waals surface area contributed by atoms with E-state index >= 15 is 0 Å². The SMILES string of the molecule is CS(=O)(=O)CCNS(=O)(=O)c1cc(Cl)cc(N)c1F. The van der Waals surface area contributed by atoms with E-state index in [1.165, 1.54) is 0 Å². The van der Waals surface area contributed by atoms with Crippen molar-refractivity contribution in [1.82, 2.24) is 4.72 Å². The number of benzene rings is 1. The van der Waals surface area contributed by atoms with E-state index in [9.17, 15) is 21.2 Å². The van der Waals surface area contributed by atoms with Crippen molar-refractivity contribution in [3.63, 3.8) is 0 Å². The number of sulfone groups is 1. The van der Waals surface area contributed by atoms with E-state index in [4.69, 9.17) is 17.3 Å². The molecule has 0 aromatic heterocycles. The lowest BCUT2D eigenvalue weighted by Crippen LogP contribution is -2.29. The van der Waals surface area contributed by atoms with Crippen LogP contribution in [0.2, 0.25) is 5.02 Å². The Hall–Kier alpha value is -0.900. The molecule has 0 bridgehead atoms. The Bertz CT molecular complexity index is 688. The molecule has 0 atom stereocenters. The van der Waals surface area contributed by atoms with Crippen LogP contribution < -0.4 is 10.5 Å². The standard InChI is InChI=1S/C9H12ClFN2O4S2/c1-18(14,15)3-2-13-19(16,17)8-5-6(10)4-7(12)9(8)11/h4-5,13H,2-3,12H2,1H3. The average Bonchev–Trinajstić information content (AvgIpc) is 2.20. The van der Waals surface area contributed by atoms with Crippen molar-refractivity contribution in [3.05, 3.63) is 23.0 Å². The van der Waals surface area contributed by atoms with E-state index in [1.807, 2.05) is 4.72 Å². The van der Waals surface area contributed by atoms with Gasteiger partial charge in [0.25, 0.3) is 0 Å². The van der Waals surface area contributed by atoms with Gasteiger partial charge >= 0.3 is 0 Å². The molecule has 3 N–H and O–H groups in total. The molecular formula is C9H12ClFN2O4S2. The number of nitrogen functional groups attached to an aromatic ring is 1. The molecule has 108 valence electrons. The Labute approximate surface area is 115 Å². The van der Waals surface area contributed by atoms with E-state index in [0.29, 0.717) is 0 Å². The van der Waals surface area contributed by atoms with Gasteiger partial charge in [-0.25, -0.2) is 25.9 Å². The van der Waals surface area contributed by atoms with Gasteiger partial charge in [0.15, 0.2) is 5.82 Å². The smallest absolute Gasteiger partial charge is 0.243 e. The summed E-state index contributed by atoms with van der Waals surface area (Å²) in [6.07, 6.45) is 0.958. The van der Waals surface area contributed by atoms with Crippen LogP contribution in [0.3, 0.4) is 0 Å². The van der Waals surface area contributed by atoms with Crippen LogP contribution in [0.5, 0.6) is 0 Å². The van der Waals surface area contributed by atoms with Crippen LogP contribution in [0.15, 0.2) is 17.0 Å². The van der Waals surface area contributed by atoms with Crippen molar-refractivity contribution in [3.8, 4) is 0 Å². The highest BCUT2D eigenvalue weighted by molar-refractivity contribution is 7.91. The molecule has 0 heterocycles. The number of nitrogens with one attached hydrogen (secondary N) is 1. The predicted molar refractivity (Wildman–Crippen MR) is 70.7 cm³/mol. The largest absolute Gasteiger partial charge is 0.396 e. The quantitative estimate of drug-likeness (QED) is 0.759. The summed E-state index contributed by atoms with van der Waals surface area (Å²) in [5.41, 5.74) is 4.86. The Morgan fingerprint density at radius 2 is 1.89 bits per heavy atom. The van der Waals surface area contributed by atoms with Gasteiger partial charge in [-0.1, -0.05) is 11.6 Å². The average molecular weight is 331 g/mol.